The first kappa shape index (κ1) is 7.58. The molecule has 0 aliphatic carbocycles. The molecule has 0 N–H and O–H groups in total. The molecular weight excluding hydrogens is 126 g/mol. The molecule has 1 rings (SSSR count). The minimum atomic E-state index is 0.488. The Morgan fingerprint density at radius 3 is 2.50 bits per heavy atom. The van der Waals surface area contributed by atoms with Crippen LogP contribution in [0.2, 0.25) is 0 Å². The maximum absolute atomic E-state index is 5.33. The fourth-order valence-corrected chi connectivity index (χ4v) is 0.912. The predicted molar refractivity (Wildman–Crippen MR) is 42.3 cm³/mol. The van der Waals surface area contributed by atoms with Crippen LogP contribution in [-0.4, -0.2) is 19.0 Å². The lowest BCUT2D eigenvalue weighted by molar-refractivity contribution is 0.310. The molecule has 1 atom stereocenters. The summed E-state index contributed by atoms with van der Waals surface area (Å²) in [5.41, 5.74) is 0. The van der Waals surface area contributed by atoms with Gasteiger partial charge in [-0.25, -0.2) is 0 Å². The van der Waals surface area contributed by atoms with Gasteiger partial charge in [-0.2, -0.15) is 0 Å². The molecule has 2 nitrogen and oxygen atoms in total. The molecule has 0 amide bonds. The van der Waals surface area contributed by atoms with Gasteiger partial charge in [-0.15, -0.1) is 0 Å². The maximum atomic E-state index is 5.33. The van der Waals surface area contributed by atoms with Crippen molar-refractivity contribution >= 4 is 5.90 Å². The Morgan fingerprint density at radius 2 is 2.10 bits per heavy atom. The maximum Gasteiger partial charge on any atom is 0.186 e. The first-order valence-electron chi connectivity index (χ1n) is 3.89. The number of aliphatic imine (C=N–C) groups is 1. The fourth-order valence-electron chi connectivity index (χ4n) is 0.912. The molecule has 0 aromatic rings. The lowest BCUT2D eigenvalue weighted by atomic mass is 9.98. The lowest BCUT2D eigenvalue weighted by Gasteiger charge is -2.14. The molecule has 0 saturated heterocycles. The molecule has 0 saturated carbocycles. The summed E-state index contributed by atoms with van der Waals surface area (Å²) in [6, 6.07) is 0. The summed E-state index contributed by atoms with van der Waals surface area (Å²) in [4.78, 5) is 4.25. The van der Waals surface area contributed by atoms with Crippen LogP contribution in [0, 0.1) is 11.8 Å². The summed E-state index contributed by atoms with van der Waals surface area (Å²) in [5.74, 6) is 2.08. The van der Waals surface area contributed by atoms with E-state index in [2.05, 4.69) is 25.8 Å². The second-order valence-electron chi connectivity index (χ2n) is 3.10. The normalized spacial score (nSPS) is 20.6. The molecule has 0 radical (unpaired) electrons. The van der Waals surface area contributed by atoms with Crippen LogP contribution in [0.5, 0.6) is 0 Å². The van der Waals surface area contributed by atoms with E-state index >= 15 is 0 Å². The molecule has 10 heavy (non-hydrogen) atoms. The summed E-state index contributed by atoms with van der Waals surface area (Å²) >= 11 is 0. The number of ether oxygens (including phenoxy) is 1. The predicted octanol–water partition coefficient (Wildman–Crippen LogP) is 1.71. The van der Waals surface area contributed by atoms with Gasteiger partial charge in [0.25, 0.3) is 0 Å². The molecule has 1 aliphatic heterocycles. The van der Waals surface area contributed by atoms with Gasteiger partial charge in [0.05, 0.1) is 6.54 Å². The standard InChI is InChI=1S/C8H15NO/c1-6(2)7(3)8-9-4-5-10-8/h6-7H,4-5H2,1-3H3. The van der Waals surface area contributed by atoms with Crippen LogP contribution in [0.1, 0.15) is 20.8 Å². The first-order valence-corrected chi connectivity index (χ1v) is 3.89. The third-order valence-electron chi connectivity index (χ3n) is 2.00. The first-order chi connectivity index (χ1) is 4.72. The number of nitrogens with zero attached hydrogens (tertiary/aromatic N) is 1. The van der Waals surface area contributed by atoms with E-state index < -0.39 is 0 Å². The summed E-state index contributed by atoms with van der Waals surface area (Å²) in [7, 11) is 0. The van der Waals surface area contributed by atoms with E-state index in [1.54, 1.807) is 0 Å². The van der Waals surface area contributed by atoms with Gasteiger partial charge in [0.1, 0.15) is 6.61 Å². The van der Waals surface area contributed by atoms with Crippen LogP contribution >= 0.6 is 0 Å². The number of rotatable bonds is 2. The quantitative estimate of drug-likeness (QED) is 0.573. The Hall–Kier alpha value is -0.530. The van der Waals surface area contributed by atoms with Gasteiger partial charge >= 0.3 is 0 Å². The summed E-state index contributed by atoms with van der Waals surface area (Å²) in [6.45, 7) is 8.18. The van der Waals surface area contributed by atoms with Gasteiger partial charge in [0.15, 0.2) is 5.90 Å². The molecule has 0 aromatic carbocycles. The Morgan fingerprint density at radius 1 is 1.40 bits per heavy atom. The minimum Gasteiger partial charge on any atom is -0.479 e. The number of hydrogen-bond donors (Lipinski definition) is 0. The molecule has 1 unspecified atom stereocenters. The van der Waals surface area contributed by atoms with E-state index in [0.29, 0.717) is 11.8 Å². The monoisotopic (exact) mass is 141 g/mol. The summed E-state index contributed by atoms with van der Waals surface area (Å²) < 4.78 is 5.33. The SMILES string of the molecule is CC(C)C(C)C1=NCCO1. The molecular formula is C8H15NO. The minimum absolute atomic E-state index is 0.488. The van der Waals surface area contributed by atoms with Crippen LogP contribution in [-0.2, 0) is 4.74 Å². The van der Waals surface area contributed by atoms with Crippen LogP contribution in [0.4, 0.5) is 0 Å². The summed E-state index contributed by atoms with van der Waals surface area (Å²) in [6.07, 6.45) is 0. The topological polar surface area (TPSA) is 21.6 Å². The lowest BCUT2D eigenvalue weighted by Crippen LogP contribution is -2.16. The highest BCUT2D eigenvalue weighted by Crippen LogP contribution is 2.14. The smallest absolute Gasteiger partial charge is 0.186 e. The zero-order valence-electron chi connectivity index (χ0n) is 6.92. The van der Waals surface area contributed by atoms with E-state index in [-0.39, 0.29) is 0 Å². The molecule has 2 heteroatoms. The second kappa shape index (κ2) is 3.04. The van der Waals surface area contributed by atoms with Gasteiger partial charge in [-0.3, -0.25) is 4.99 Å². The Labute approximate surface area is 62.3 Å². The second-order valence-corrected chi connectivity index (χ2v) is 3.10. The third kappa shape index (κ3) is 1.49. The van der Waals surface area contributed by atoms with Crippen molar-refractivity contribution in [3.63, 3.8) is 0 Å². The zero-order valence-corrected chi connectivity index (χ0v) is 6.92. The molecule has 58 valence electrons. The van der Waals surface area contributed by atoms with Crippen molar-refractivity contribution < 1.29 is 4.74 Å². The van der Waals surface area contributed by atoms with Crippen molar-refractivity contribution in [2.24, 2.45) is 16.8 Å². The van der Waals surface area contributed by atoms with Gasteiger partial charge in [-0.05, 0) is 5.92 Å². The molecule has 0 bridgehead atoms. The van der Waals surface area contributed by atoms with Crippen LogP contribution in [0.3, 0.4) is 0 Å². The molecule has 1 aliphatic rings. The van der Waals surface area contributed by atoms with Gasteiger partial charge in [0, 0.05) is 5.92 Å². The fraction of sp³-hybridized carbons (Fsp3) is 0.875. The van der Waals surface area contributed by atoms with Crippen molar-refractivity contribution in [2.75, 3.05) is 13.2 Å². The van der Waals surface area contributed by atoms with Crippen molar-refractivity contribution in [2.45, 2.75) is 20.8 Å². The Kier molecular flexibility index (Phi) is 2.30. The van der Waals surface area contributed by atoms with Crippen molar-refractivity contribution in [1.29, 1.82) is 0 Å². The van der Waals surface area contributed by atoms with Crippen molar-refractivity contribution in [1.82, 2.24) is 0 Å². The van der Waals surface area contributed by atoms with Crippen LogP contribution in [0.25, 0.3) is 0 Å². The van der Waals surface area contributed by atoms with E-state index in [1.807, 2.05) is 0 Å². The van der Waals surface area contributed by atoms with E-state index in [0.717, 1.165) is 19.0 Å². The largest absolute Gasteiger partial charge is 0.479 e. The van der Waals surface area contributed by atoms with E-state index in [9.17, 15) is 0 Å². The highest BCUT2D eigenvalue weighted by atomic mass is 16.5. The van der Waals surface area contributed by atoms with Gasteiger partial charge in [-0.1, -0.05) is 20.8 Å². The highest BCUT2D eigenvalue weighted by Gasteiger charge is 2.18. The van der Waals surface area contributed by atoms with Crippen LogP contribution in [0.15, 0.2) is 4.99 Å². The molecule has 0 fully saturated rings. The average Bonchev–Trinajstić information content (AvgIpc) is 2.36. The summed E-state index contributed by atoms with van der Waals surface area (Å²) in [5, 5.41) is 0. The van der Waals surface area contributed by atoms with Crippen LogP contribution < -0.4 is 0 Å². The Bertz CT molecular complexity index is 140. The average molecular weight is 141 g/mol. The highest BCUT2D eigenvalue weighted by molar-refractivity contribution is 5.79. The zero-order chi connectivity index (χ0) is 7.56. The molecule has 0 aromatic heterocycles. The van der Waals surface area contributed by atoms with Crippen molar-refractivity contribution in [3.05, 3.63) is 0 Å². The van der Waals surface area contributed by atoms with E-state index in [4.69, 9.17) is 4.74 Å². The van der Waals surface area contributed by atoms with Crippen molar-refractivity contribution in [3.8, 4) is 0 Å². The van der Waals surface area contributed by atoms with E-state index in [1.165, 1.54) is 0 Å². The number of hydrogen-bond acceptors (Lipinski definition) is 2. The molecule has 1 heterocycles. The third-order valence-corrected chi connectivity index (χ3v) is 2.00. The van der Waals surface area contributed by atoms with Gasteiger partial charge in [0.2, 0.25) is 0 Å². The van der Waals surface area contributed by atoms with Gasteiger partial charge < -0.3 is 4.74 Å². The molecule has 0 spiro atoms. The Balaban J connectivity index is 2.47.